The van der Waals surface area contributed by atoms with Gasteiger partial charge in [-0.15, -0.1) is 0 Å². The molecule has 0 saturated heterocycles. The summed E-state index contributed by atoms with van der Waals surface area (Å²) in [5.74, 6) is 0. The molecule has 0 bridgehead atoms. The van der Waals surface area contributed by atoms with Crippen molar-refractivity contribution in [2.45, 2.75) is 204 Å². The van der Waals surface area contributed by atoms with E-state index in [2.05, 4.69) is 285 Å². The molecule has 0 aliphatic heterocycles. The van der Waals surface area contributed by atoms with Gasteiger partial charge in [-0.1, -0.05) is 316 Å². The predicted octanol–water partition coefficient (Wildman–Crippen LogP) is 29.4. The number of nitrogens with zero attached hydrogens (tertiary/aromatic N) is 3. The average molecular weight is 1300 g/mol. The van der Waals surface area contributed by atoms with E-state index in [1.54, 1.807) is 0 Å². The minimum absolute atomic E-state index is 0.822. The van der Waals surface area contributed by atoms with Crippen LogP contribution >= 0.6 is 0 Å². The van der Waals surface area contributed by atoms with E-state index in [0.717, 1.165) is 67.0 Å². The van der Waals surface area contributed by atoms with Crippen LogP contribution in [0.4, 0.5) is 22.7 Å². The van der Waals surface area contributed by atoms with E-state index in [1.807, 2.05) is 141 Å². The van der Waals surface area contributed by atoms with E-state index in [9.17, 15) is 0 Å². The van der Waals surface area contributed by atoms with E-state index in [1.165, 1.54) is 96.5 Å². The summed E-state index contributed by atoms with van der Waals surface area (Å²) < 4.78 is 5.00. The van der Waals surface area contributed by atoms with E-state index in [4.69, 9.17) is 5.73 Å². The Bertz CT molecular complexity index is 3760. The number of rotatable bonds is 11. The minimum atomic E-state index is 0.822. The van der Waals surface area contributed by atoms with Crippen molar-refractivity contribution >= 4 is 68.0 Å². The lowest BCUT2D eigenvalue weighted by molar-refractivity contribution is 0.782. The van der Waals surface area contributed by atoms with Gasteiger partial charge in [0.1, 0.15) is 0 Å². The molecule has 520 valence electrons. The van der Waals surface area contributed by atoms with Gasteiger partial charge in [0.15, 0.2) is 0 Å². The summed E-state index contributed by atoms with van der Waals surface area (Å²) in [4.78, 5) is 2.52. The van der Waals surface area contributed by atoms with E-state index < -0.39 is 0 Å². The highest BCUT2D eigenvalue weighted by Gasteiger charge is 2.26. The standard InChI is InChI=1S/C64H56N4.C6H7N.2C3H8.8C2H6/c1-3-61-57(42-46(2)65-51-24-13-8-14-25-51)59-45-56(39-41-64(59)67(61)53-30-19-10-20-31-53)66(52-26-17-9-18-27-52)55-32-21-33-62-60(44-55)58-43-50(38-40-63(58)68(62)54-28-15-6-7-16-29-54)49-36-34-48(35-37-49)47-22-11-4-5-12-23-47;7-6-4-2-1-3-5-6;2*1-3-2;8*1-2/h4,6-15,17-20,22-31,34-45,65H,3,5,16,21,32-33H2,1-2H3;1-5H,7H2;2*3H2,1-2H3;8*1-2H3/b46-42+;;;;;;;;;;;. The van der Waals surface area contributed by atoms with Gasteiger partial charge in [0.25, 0.3) is 0 Å². The maximum Gasteiger partial charge on any atom is 0.0539 e. The minimum Gasteiger partial charge on any atom is -0.399 e. The maximum atomic E-state index is 5.36. The first kappa shape index (κ1) is 86.0. The molecule has 9 aromatic rings. The molecular weight excluding hydrogens is 1180 g/mol. The molecule has 0 unspecified atom stereocenters. The monoisotopic (exact) mass is 1300 g/mol. The predicted molar refractivity (Wildman–Crippen MR) is 445 cm³/mol. The summed E-state index contributed by atoms with van der Waals surface area (Å²) >= 11 is 0. The molecule has 12 rings (SSSR count). The molecule has 5 heteroatoms. The zero-order valence-corrected chi connectivity index (χ0v) is 64.3. The van der Waals surface area contributed by atoms with Crippen LogP contribution in [0.3, 0.4) is 0 Å². The van der Waals surface area contributed by atoms with Crippen LogP contribution in [0.2, 0.25) is 0 Å². The van der Waals surface area contributed by atoms with E-state index >= 15 is 0 Å². The van der Waals surface area contributed by atoms with Crippen molar-refractivity contribution in [2.24, 2.45) is 0 Å². The van der Waals surface area contributed by atoms with Crippen LogP contribution in [-0.2, 0) is 12.8 Å². The van der Waals surface area contributed by atoms with Crippen LogP contribution < -0.4 is 16.0 Å². The second-order valence-electron chi connectivity index (χ2n) is 20.7. The van der Waals surface area contributed by atoms with Gasteiger partial charge < -0.3 is 25.1 Å². The van der Waals surface area contributed by atoms with Gasteiger partial charge in [-0.2, -0.15) is 0 Å². The Morgan fingerprint density at radius 3 is 1.60 bits per heavy atom. The van der Waals surface area contributed by atoms with Gasteiger partial charge in [-0.25, -0.2) is 0 Å². The Balaban J connectivity index is 0.00000140. The normalized spacial score (nSPS) is 11.9. The third-order valence-electron chi connectivity index (χ3n) is 14.3. The first-order chi connectivity index (χ1) is 47.8. The summed E-state index contributed by atoms with van der Waals surface area (Å²) in [6.45, 7) is 44.9. The zero-order chi connectivity index (χ0) is 72.3. The SMILES string of the molecule is CC.CC.CC.CC.CC.CC.CC.CC.CCC.CCC.CCc1c(/C=C(\C)Nc2ccccc2)c2cc(N(C3=Cc4c(n(C5=CCC=CC=C5)c5ccc(-c6ccc(C7=CC=CCC=C7)cc6)cc45)CCC3)c3ccccc3)ccc2n1-c1ccccc1.Nc1ccccc1. The molecular formula is C92H127N5. The van der Waals surface area contributed by atoms with Gasteiger partial charge >= 0.3 is 0 Å². The number of nitrogen functional groups attached to an aromatic ring is 1. The van der Waals surface area contributed by atoms with Crippen molar-refractivity contribution in [3.05, 3.63) is 282 Å². The van der Waals surface area contributed by atoms with Gasteiger partial charge in [-0.05, 0) is 165 Å². The number of hydrogen-bond acceptors (Lipinski definition) is 3. The lowest BCUT2D eigenvalue weighted by Crippen LogP contribution is -2.16. The first-order valence-electron chi connectivity index (χ1n) is 37.3. The number of hydrogen-bond donors (Lipinski definition) is 2. The maximum absolute atomic E-state index is 5.36. The molecule has 0 atom stereocenters. The van der Waals surface area contributed by atoms with E-state index in [-0.39, 0.29) is 0 Å². The van der Waals surface area contributed by atoms with Crippen molar-refractivity contribution < 1.29 is 0 Å². The molecule has 0 amide bonds. The topological polar surface area (TPSA) is 51.1 Å². The number of benzene rings is 7. The van der Waals surface area contributed by atoms with Gasteiger partial charge in [0.05, 0.1) is 11.0 Å². The number of para-hydroxylation sites is 4. The highest BCUT2D eigenvalue weighted by Crippen LogP contribution is 2.43. The molecule has 97 heavy (non-hydrogen) atoms. The van der Waals surface area contributed by atoms with Crippen molar-refractivity contribution in [2.75, 3.05) is 16.0 Å². The fourth-order valence-electron chi connectivity index (χ4n) is 10.9. The molecule has 5 nitrogen and oxygen atoms in total. The van der Waals surface area contributed by atoms with E-state index in [0.29, 0.717) is 0 Å². The van der Waals surface area contributed by atoms with Crippen molar-refractivity contribution in [1.82, 2.24) is 9.13 Å². The van der Waals surface area contributed by atoms with Crippen LogP contribution in [0.15, 0.2) is 254 Å². The summed E-state index contributed by atoms with van der Waals surface area (Å²) in [6.07, 6.45) is 35.3. The summed E-state index contributed by atoms with van der Waals surface area (Å²) in [5, 5.41) is 6.18. The Kier molecular flexibility index (Phi) is 46.2. The van der Waals surface area contributed by atoms with Crippen LogP contribution in [0.1, 0.15) is 219 Å². The van der Waals surface area contributed by atoms with Crippen LogP contribution in [0, 0.1) is 0 Å². The van der Waals surface area contributed by atoms with Crippen molar-refractivity contribution in [3.63, 3.8) is 0 Å². The second kappa shape index (κ2) is 52.2. The summed E-state index contributed by atoms with van der Waals surface area (Å²) in [6, 6.07) is 65.0. The van der Waals surface area contributed by atoms with Crippen molar-refractivity contribution in [3.8, 4) is 16.8 Å². The first-order valence-corrected chi connectivity index (χ1v) is 37.3. The van der Waals surface area contributed by atoms with Crippen LogP contribution in [0.5, 0.6) is 0 Å². The molecule has 0 saturated carbocycles. The van der Waals surface area contributed by atoms with Gasteiger partial charge in [0, 0.05) is 78.8 Å². The summed E-state index contributed by atoms with van der Waals surface area (Å²) in [5.41, 5.74) is 26.9. The Morgan fingerprint density at radius 1 is 0.495 bits per heavy atom. The van der Waals surface area contributed by atoms with Crippen LogP contribution in [0.25, 0.3) is 62.0 Å². The molecule has 3 N–H and O–H groups in total. The number of aromatic nitrogens is 2. The highest BCUT2D eigenvalue weighted by atomic mass is 15.2. The summed E-state index contributed by atoms with van der Waals surface area (Å²) in [7, 11) is 0. The Hall–Kier alpha value is -9.06. The molecule has 3 aliphatic rings. The molecule has 0 fully saturated rings. The lowest BCUT2D eigenvalue weighted by atomic mass is 9.98. The van der Waals surface area contributed by atoms with Gasteiger partial charge in [-0.3, -0.25) is 0 Å². The molecule has 7 aromatic carbocycles. The number of anilines is 4. The van der Waals surface area contributed by atoms with Crippen molar-refractivity contribution in [1.29, 1.82) is 0 Å². The van der Waals surface area contributed by atoms with Gasteiger partial charge in [0.2, 0.25) is 0 Å². The fourth-order valence-corrected chi connectivity index (χ4v) is 10.9. The number of nitrogens with two attached hydrogens (primary N) is 1. The molecule has 2 heterocycles. The third-order valence-corrected chi connectivity index (χ3v) is 14.3. The fraction of sp³-hybridized carbons (Fsp3) is 0.326. The molecule has 3 aliphatic carbocycles. The Morgan fingerprint density at radius 2 is 1.02 bits per heavy atom. The average Bonchev–Trinajstić information content (AvgIpc) is 1.61. The smallest absolute Gasteiger partial charge is 0.0539 e. The highest BCUT2D eigenvalue weighted by molar-refractivity contribution is 6.00. The quantitative estimate of drug-likeness (QED) is 0.127. The lowest BCUT2D eigenvalue weighted by Gasteiger charge is -2.28. The molecule has 0 spiro atoms. The number of allylic oxidation sites excluding steroid dienone is 14. The van der Waals surface area contributed by atoms with Crippen LogP contribution in [-0.4, -0.2) is 9.13 Å². The number of fused-ring (bicyclic) bond motifs is 4. The molecule has 0 radical (unpaired) electrons. The Labute approximate surface area is 592 Å². The second-order valence-corrected chi connectivity index (χ2v) is 20.7. The number of nitrogens with one attached hydrogen (secondary N) is 1. The third kappa shape index (κ3) is 25.5. The molecule has 2 aromatic heterocycles. The zero-order valence-electron chi connectivity index (χ0n) is 64.3. The largest absolute Gasteiger partial charge is 0.399 e.